The molecule has 1 aromatic heterocycles. The Morgan fingerprint density at radius 1 is 1.58 bits per heavy atom. The van der Waals surface area contributed by atoms with E-state index >= 15 is 0 Å². The third-order valence-corrected chi connectivity index (χ3v) is 4.63. The highest BCUT2D eigenvalue weighted by Gasteiger charge is 2.16. The molecule has 2 rings (SSSR count). The van der Waals surface area contributed by atoms with Gasteiger partial charge in [0.2, 0.25) is 11.0 Å². The van der Waals surface area contributed by atoms with Crippen molar-refractivity contribution in [1.29, 1.82) is 0 Å². The molecular weight excluding hydrogens is 284 g/mol. The minimum Gasteiger partial charge on any atom is -0.376 e. The zero-order valence-electron chi connectivity index (χ0n) is 10.8. The average molecular weight is 302 g/mol. The first-order valence-electron chi connectivity index (χ1n) is 6.36. The van der Waals surface area contributed by atoms with Crippen LogP contribution in [0.2, 0.25) is 0 Å². The van der Waals surface area contributed by atoms with E-state index in [4.69, 9.17) is 4.74 Å². The summed E-state index contributed by atoms with van der Waals surface area (Å²) in [5, 5.41) is 14.8. The number of ether oxygens (including phenoxy) is 1. The van der Waals surface area contributed by atoms with E-state index in [2.05, 4.69) is 20.8 Å². The summed E-state index contributed by atoms with van der Waals surface area (Å²) in [5.74, 6) is 0.383. The molecule has 1 amide bonds. The summed E-state index contributed by atoms with van der Waals surface area (Å²) in [5.41, 5.74) is 0. The fourth-order valence-electron chi connectivity index (χ4n) is 1.70. The second kappa shape index (κ2) is 7.66. The van der Waals surface area contributed by atoms with E-state index in [0.717, 1.165) is 35.5 Å². The number of anilines is 1. The molecule has 1 aliphatic heterocycles. The largest absolute Gasteiger partial charge is 0.376 e. The summed E-state index contributed by atoms with van der Waals surface area (Å²) in [6.45, 7) is 4.25. The molecule has 1 saturated heterocycles. The Morgan fingerprint density at radius 3 is 3.21 bits per heavy atom. The molecule has 0 saturated carbocycles. The van der Waals surface area contributed by atoms with Crippen molar-refractivity contribution < 1.29 is 9.53 Å². The molecule has 1 unspecified atom stereocenters. The van der Waals surface area contributed by atoms with Crippen molar-refractivity contribution in [3.8, 4) is 0 Å². The summed E-state index contributed by atoms with van der Waals surface area (Å²) < 4.78 is 6.25. The van der Waals surface area contributed by atoms with Crippen LogP contribution in [0, 0.1) is 0 Å². The Hall–Kier alpha value is -0.860. The Labute approximate surface area is 120 Å². The summed E-state index contributed by atoms with van der Waals surface area (Å²) in [6, 6.07) is 0. The number of hydrogen-bond donors (Lipinski definition) is 2. The van der Waals surface area contributed by atoms with Gasteiger partial charge in [0.25, 0.3) is 0 Å². The first kappa shape index (κ1) is 14.5. The van der Waals surface area contributed by atoms with Crippen molar-refractivity contribution in [3.63, 3.8) is 0 Å². The number of aromatic nitrogens is 2. The Bertz CT molecular complexity index is 407. The highest BCUT2D eigenvalue weighted by Crippen LogP contribution is 2.24. The molecule has 2 heterocycles. The van der Waals surface area contributed by atoms with Gasteiger partial charge >= 0.3 is 0 Å². The molecule has 8 heteroatoms. The molecule has 6 nitrogen and oxygen atoms in total. The zero-order valence-corrected chi connectivity index (χ0v) is 12.5. The minimum absolute atomic E-state index is 0.0145. The Kier molecular flexibility index (Phi) is 5.87. The predicted molar refractivity (Wildman–Crippen MR) is 76.8 cm³/mol. The molecule has 0 spiro atoms. The maximum absolute atomic E-state index is 11.7. The number of amides is 1. The van der Waals surface area contributed by atoms with E-state index in [-0.39, 0.29) is 12.0 Å². The predicted octanol–water partition coefficient (Wildman–Crippen LogP) is 1.36. The van der Waals surface area contributed by atoms with Gasteiger partial charge in [-0.3, -0.25) is 4.79 Å². The van der Waals surface area contributed by atoms with Crippen LogP contribution in [0.4, 0.5) is 5.13 Å². The summed E-state index contributed by atoms with van der Waals surface area (Å²) in [4.78, 5) is 11.7. The summed E-state index contributed by atoms with van der Waals surface area (Å²) in [6.07, 6.45) is 2.32. The SMILES string of the molecule is CCNc1nnc(SCC(=O)NCC2CCCO2)s1. The van der Waals surface area contributed by atoms with Gasteiger partial charge in [-0.15, -0.1) is 10.2 Å². The number of carbonyl (C=O) groups is 1. The molecule has 19 heavy (non-hydrogen) atoms. The average Bonchev–Trinajstić information content (AvgIpc) is 3.05. The molecular formula is C11H18N4O2S2. The van der Waals surface area contributed by atoms with Gasteiger partial charge in [-0.05, 0) is 19.8 Å². The van der Waals surface area contributed by atoms with Crippen molar-refractivity contribution in [2.45, 2.75) is 30.2 Å². The molecule has 0 radical (unpaired) electrons. The molecule has 106 valence electrons. The highest BCUT2D eigenvalue weighted by atomic mass is 32.2. The fraction of sp³-hybridized carbons (Fsp3) is 0.727. The van der Waals surface area contributed by atoms with Gasteiger partial charge in [-0.1, -0.05) is 23.1 Å². The topological polar surface area (TPSA) is 76.1 Å². The van der Waals surface area contributed by atoms with E-state index in [0.29, 0.717) is 12.3 Å². The molecule has 0 bridgehead atoms. The zero-order chi connectivity index (χ0) is 13.5. The van der Waals surface area contributed by atoms with Crippen LogP contribution in [0.25, 0.3) is 0 Å². The van der Waals surface area contributed by atoms with Crippen LogP contribution in [0.15, 0.2) is 4.34 Å². The standard InChI is InChI=1S/C11H18N4O2S2/c1-2-12-10-14-15-11(19-10)18-7-9(16)13-6-8-4-3-5-17-8/h8H,2-7H2,1H3,(H,12,14)(H,13,16). The van der Waals surface area contributed by atoms with E-state index < -0.39 is 0 Å². The molecule has 1 aliphatic rings. The summed E-state index contributed by atoms with van der Waals surface area (Å²) >= 11 is 2.88. The number of rotatable bonds is 7. The quantitative estimate of drug-likeness (QED) is 0.741. The molecule has 1 atom stereocenters. The minimum atomic E-state index is 0.0145. The van der Waals surface area contributed by atoms with Crippen LogP contribution in [-0.4, -0.2) is 47.7 Å². The van der Waals surface area contributed by atoms with Gasteiger partial charge in [0.1, 0.15) is 0 Å². The van der Waals surface area contributed by atoms with Crippen LogP contribution in [0.5, 0.6) is 0 Å². The second-order valence-corrected chi connectivity index (χ2v) is 6.33. The molecule has 1 fully saturated rings. The molecule has 0 aliphatic carbocycles. The normalized spacial score (nSPS) is 18.5. The van der Waals surface area contributed by atoms with Crippen LogP contribution in [0.3, 0.4) is 0 Å². The lowest BCUT2D eigenvalue weighted by atomic mass is 10.2. The smallest absolute Gasteiger partial charge is 0.230 e. The van der Waals surface area contributed by atoms with Crippen molar-refractivity contribution in [2.75, 3.05) is 30.8 Å². The number of hydrogen-bond acceptors (Lipinski definition) is 7. The maximum atomic E-state index is 11.7. The second-order valence-electron chi connectivity index (χ2n) is 4.13. The van der Waals surface area contributed by atoms with E-state index in [9.17, 15) is 4.79 Å². The molecule has 2 N–H and O–H groups in total. The summed E-state index contributed by atoms with van der Waals surface area (Å²) in [7, 11) is 0. The number of carbonyl (C=O) groups excluding carboxylic acids is 1. The van der Waals surface area contributed by atoms with Gasteiger partial charge in [0, 0.05) is 19.7 Å². The van der Waals surface area contributed by atoms with Crippen LogP contribution < -0.4 is 10.6 Å². The van der Waals surface area contributed by atoms with Crippen LogP contribution in [0.1, 0.15) is 19.8 Å². The van der Waals surface area contributed by atoms with Crippen molar-refractivity contribution in [3.05, 3.63) is 0 Å². The molecule has 0 aromatic carbocycles. The lowest BCUT2D eigenvalue weighted by molar-refractivity contribution is -0.119. The lowest BCUT2D eigenvalue weighted by Gasteiger charge is -2.09. The monoisotopic (exact) mass is 302 g/mol. The van der Waals surface area contributed by atoms with E-state index in [1.165, 1.54) is 23.1 Å². The number of nitrogens with zero attached hydrogens (tertiary/aromatic N) is 2. The van der Waals surface area contributed by atoms with E-state index in [1.54, 1.807) is 0 Å². The lowest BCUT2D eigenvalue weighted by Crippen LogP contribution is -2.32. The van der Waals surface area contributed by atoms with Gasteiger partial charge in [0.15, 0.2) is 4.34 Å². The van der Waals surface area contributed by atoms with Gasteiger partial charge in [-0.2, -0.15) is 0 Å². The van der Waals surface area contributed by atoms with Crippen molar-refractivity contribution in [1.82, 2.24) is 15.5 Å². The first-order chi connectivity index (χ1) is 9.28. The third-order valence-electron chi connectivity index (χ3n) is 2.61. The van der Waals surface area contributed by atoms with Crippen LogP contribution >= 0.6 is 23.1 Å². The van der Waals surface area contributed by atoms with Gasteiger partial charge in [0.05, 0.1) is 11.9 Å². The Morgan fingerprint density at radius 2 is 2.47 bits per heavy atom. The maximum Gasteiger partial charge on any atom is 0.230 e. The Balaban J connectivity index is 1.64. The number of nitrogens with one attached hydrogen (secondary N) is 2. The molecule has 1 aromatic rings. The number of thioether (sulfide) groups is 1. The van der Waals surface area contributed by atoms with Crippen molar-refractivity contribution >= 4 is 34.1 Å². The van der Waals surface area contributed by atoms with Crippen LogP contribution in [-0.2, 0) is 9.53 Å². The first-order valence-corrected chi connectivity index (χ1v) is 8.16. The van der Waals surface area contributed by atoms with Gasteiger partial charge in [-0.25, -0.2) is 0 Å². The van der Waals surface area contributed by atoms with Gasteiger partial charge < -0.3 is 15.4 Å². The highest BCUT2D eigenvalue weighted by molar-refractivity contribution is 8.01. The van der Waals surface area contributed by atoms with Crippen molar-refractivity contribution in [2.24, 2.45) is 0 Å². The fourth-order valence-corrected chi connectivity index (χ4v) is 3.35. The van der Waals surface area contributed by atoms with E-state index in [1.807, 2.05) is 6.92 Å². The third kappa shape index (κ3) is 4.96.